The number of terminal acetylenes is 1. The summed E-state index contributed by atoms with van der Waals surface area (Å²) in [5, 5.41) is 7.40. The van der Waals surface area contributed by atoms with Gasteiger partial charge in [-0.1, -0.05) is 12.0 Å². The van der Waals surface area contributed by atoms with Gasteiger partial charge in [-0.2, -0.15) is 5.10 Å². The Kier molecular flexibility index (Phi) is 2.77. The van der Waals surface area contributed by atoms with E-state index < -0.39 is 0 Å². The highest BCUT2D eigenvalue weighted by molar-refractivity contribution is 5.80. The molecule has 0 fully saturated rings. The van der Waals surface area contributed by atoms with Crippen LogP contribution < -0.4 is 11.1 Å². The van der Waals surface area contributed by atoms with Gasteiger partial charge >= 0.3 is 0 Å². The lowest BCUT2D eigenvalue weighted by molar-refractivity contribution is 0.905. The van der Waals surface area contributed by atoms with Crippen LogP contribution in [-0.2, 0) is 0 Å². The minimum absolute atomic E-state index is 0.686. The monoisotopic (exact) mass is 263 g/mol. The molecule has 2 heterocycles. The summed E-state index contributed by atoms with van der Waals surface area (Å²) in [7, 11) is 0. The predicted octanol–water partition coefficient (Wildman–Crippen LogP) is 2.34. The van der Waals surface area contributed by atoms with Crippen molar-refractivity contribution < 1.29 is 0 Å². The van der Waals surface area contributed by atoms with E-state index in [2.05, 4.69) is 21.3 Å². The van der Waals surface area contributed by atoms with Gasteiger partial charge in [-0.25, -0.2) is 9.50 Å². The first kappa shape index (κ1) is 12.1. The van der Waals surface area contributed by atoms with E-state index in [1.165, 1.54) is 6.33 Å². The van der Waals surface area contributed by atoms with Gasteiger partial charge in [0.15, 0.2) is 5.82 Å². The summed E-state index contributed by atoms with van der Waals surface area (Å²) in [6, 6.07) is 7.60. The maximum absolute atomic E-state index is 5.92. The van der Waals surface area contributed by atoms with Crippen molar-refractivity contribution >= 4 is 22.7 Å². The van der Waals surface area contributed by atoms with E-state index in [1.807, 2.05) is 31.2 Å². The third-order valence-electron chi connectivity index (χ3n) is 3.16. The molecule has 3 N–H and O–H groups in total. The molecule has 0 aliphatic heterocycles. The minimum atomic E-state index is 0.686. The highest BCUT2D eigenvalue weighted by Gasteiger charge is 2.10. The number of nitrogens with zero attached hydrogens (tertiary/aromatic N) is 3. The molecule has 0 unspecified atom stereocenters. The van der Waals surface area contributed by atoms with Gasteiger partial charge in [0.05, 0.1) is 11.9 Å². The molecule has 5 nitrogen and oxygen atoms in total. The fourth-order valence-electron chi connectivity index (χ4n) is 2.09. The lowest BCUT2D eigenvalue weighted by Crippen LogP contribution is -2.00. The van der Waals surface area contributed by atoms with E-state index in [0.717, 1.165) is 22.3 Å². The second-order valence-corrected chi connectivity index (χ2v) is 4.46. The van der Waals surface area contributed by atoms with Gasteiger partial charge in [-0.15, -0.1) is 6.42 Å². The molecule has 98 valence electrons. The molecule has 0 saturated carbocycles. The van der Waals surface area contributed by atoms with Crippen LogP contribution in [-0.4, -0.2) is 14.6 Å². The topological polar surface area (TPSA) is 68.2 Å². The van der Waals surface area contributed by atoms with Crippen molar-refractivity contribution in [3.8, 4) is 12.3 Å². The Balaban J connectivity index is 2.09. The number of rotatable bonds is 2. The van der Waals surface area contributed by atoms with Crippen LogP contribution in [0, 0.1) is 19.3 Å². The van der Waals surface area contributed by atoms with Crippen molar-refractivity contribution in [2.75, 3.05) is 11.1 Å². The van der Waals surface area contributed by atoms with E-state index in [0.29, 0.717) is 11.5 Å². The zero-order chi connectivity index (χ0) is 14.1. The van der Waals surface area contributed by atoms with Gasteiger partial charge in [0.2, 0.25) is 0 Å². The summed E-state index contributed by atoms with van der Waals surface area (Å²) in [5.41, 5.74) is 10.1. The predicted molar refractivity (Wildman–Crippen MR) is 79.8 cm³/mol. The fourth-order valence-corrected chi connectivity index (χ4v) is 2.09. The van der Waals surface area contributed by atoms with Crippen molar-refractivity contribution in [2.45, 2.75) is 6.92 Å². The van der Waals surface area contributed by atoms with Gasteiger partial charge in [0.25, 0.3) is 0 Å². The molecule has 3 rings (SSSR count). The smallest absolute Gasteiger partial charge is 0.158 e. The van der Waals surface area contributed by atoms with Crippen LogP contribution in [0.1, 0.15) is 11.1 Å². The Bertz CT molecular complexity index is 826. The van der Waals surface area contributed by atoms with Crippen LogP contribution in [0.3, 0.4) is 0 Å². The van der Waals surface area contributed by atoms with Crippen LogP contribution in [0.25, 0.3) is 5.52 Å². The van der Waals surface area contributed by atoms with Crippen molar-refractivity contribution in [1.29, 1.82) is 0 Å². The summed E-state index contributed by atoms with van der Waals surface area (Å²) < 4.78 is 1.71. The van der Waals surface area contributed by atoms with Crippen molar-refractivity contribution in [3.05, 3.63) is 47.9 Å². The third kappa shape index (κ3) is 1.93. The van der Waals surface area contributed by atoms with E-state index >= 15 is 0 Å². The molecule has 0 atom stereocenters. The SMILES string of the molecule is C#Cc1cccc(Nc2ncnn3cc(N)c(C)c23)c1. The molecule has 20 heavy (non-hydrogen) atoms. The lowest BCUT2D eigenvalue weighted by Gasteiger charge is -2.08. The molecule has 0 spiro atoms. The van der Waals surface area contributed by atoms with Crippen LogP contribution >= 0.6 is 0 Å². The average molecular weight is 263 g/mol. The normalized spacial score (nSPS) is 10.4. The van der Waals surface area contributed by atoms with Crippen molar-refractivity contribution in [3.63, 3.8) is 0 Å². The third-order valence-corrected chi connectivity index (χ3v) is 3.16. The van der Waals surface area contributed by atoms with Crippen LogP contribution in [0.15, 0.2) is 36.8 Å². The van der Waals surface area contributed by atoms with Crippen LogP contribution in [0.4, 0.5) is 17.2 Å². The second kappa shape index (κ2) is 4.59. The zero-order valence-corrected chi connectivity index (χ0v) is 11.0. The maximum atomic E-state index is 5.92. The van der Waals surface area contributed by atoms with E-state index in [-0.39, 0.29) is 0 Å². The Morgan fingerprint density at radius 3 is 3.05 bits per heavy atom. The Morgan fingerprint density at radius 1 is 1.40 bits per heavy atom. The molecular formula is C15H13N5. The summed E-state index contributed by atoms with van der Waals surface area (Å²) in [6.07, 6.45) is 8.66. The number of aryl methyl sites for hydroxylation is 1. The number of fused-ring (bicyclic) bond motifs is 1. The average Bonchev–Trinajstić information content (AvgIpc) is 2.75. The summed E-state index contributed by atoms with van der Waals surface area (Å²) in [6.45, 7) is 1.94. The minimum Gasteiger partial charge on any atom is -0.397 e. The standard InChI is InChI=1S/C15H13N5/c1-3-11-5-4-6-12(7-11)19-15-14-10(2)13(16)8-20(14)18-9-17-15/h1,4-9H,16H2,2H3,(H,17,18,19). The van der Waals surface area contributed by atoms with Crippen molar-refractivity contribution in [1.82, 2.24) is 14.6 Å². The number of nitrogens with two attached hydrogens (primary N) is 1. The van der Waals surface area contributed by atoms with Gasteiger partial charge in [-0.05, 0) is 25.1 Å². The van der Waals surface area contributed by atoms with Gasteiger partial charge in [0.1, 0.15) is 11.8 Å². The second-order valence-electron chi connectivity index (χ2n) is 4.46. The Hall–Kier alpha value is -3.00. The fraction of sp³-hybridized carbons (Fsp3) is 0.0667. The van der Waals surface area contributed by atoms with E-state index in [4.69, 9.17) is 12.2 Å². The Labute approximate surface area is 116 Å². The maximum Gasteiger partial charge on any atom is 0.158 e. The number of nitrogens with one attached hydrogen (secondary N) is 1. The molecule has 2 aromatic heterocycles. The largest absolute Gasteiger partial charge is 0.397 e. The molecule has 5 heteroatoms. The van der Waals surface area contributed by atoms with Crippen LogP contribution in [0.5, 0.6) is 0 Å². The van der Waals surface area contributed by atoms with Gasteiger partial charge < -0.3 is 11.1 Å². The molecule has 0 saturated heterocycles. The van der Waals surface area contributed by atoms with E-state index in [1.54, 1.807) is 10.7 Å². The molecule has 0 aliphatic rings. The number of nitrogen functional groups attached to an aromatic ring is 1. The number of hydrogen-bond acceptors (Lipinski definition) is 4. The number of aromatic nitrogens is 3. The molecule has 3 aromatic rings. The van der Waals surface area contributed by atoms with Gasteiger partial charge in [-0.3, -0.25) is 0 Å². The first-order valence-corrected chi connectivity index (χ1v) is 6.11. The Morgan fingerprint density at radius 2 is 2.25 bits per heavy atom. The van der Waals surface area contributed by atoms with Gasteiger partial charge in [0, 0.05) is 16.8 Å². The highest BCUT2D eigenvalue weighted by Crippen LogP contribution is 2.26. The first-order valence-electron chi connectivity index (χ1n) is 6.11. The zero-order valence-electron chi connectivity index (χ0n) is 11.0. The van der Waals surface area contributed by atoms with Crippen molar-refractivity contribution in [2.24, 2.45) is 0 Å². The number of anilines is 3. The molecule has 0 bridgehead atoms. The quantitative estimate of drug-likeness (QED) is 0.696. The van der Waals surface area contributed by atoms with Crippen LogP contribution in [0.2, 0.25) is 0 Å². The molecule has 0 amide bonds. The molecular weight excluding hydrogens is 250 g/mol. The number of hydrogen-bond donors (Lipinski definition) is 2. The summed E-state index contributed by atoms with van der Waals surface area (Å²) >= 11 is 0. The first-order chi connectivity index (χ1) is 9.69. The summed E-state index contributed by atoms with van der Waals surface area (Å²) in [4.78, 5) is 4.28. The summed E-state index contributed by atoms with van der Waals surface area (Å²) in [5.74, 6) is 3.31. The molecule has 0 radical (unpaired) electrons. The number of benzene rings is 1. The molecule has 0 aliphatic carbocycles. The molecule has 1 aromatic carbocycles. The lowest BCUT2D eigenvalue weighted by atomic mass is 10.2. The highest BCUT2D eigenvalue weighted by atomic mass is 15.3. The van der Waals surface area contributed by atoms with E-state index in [9.17, 15) is 0 Å².